The minimum absolute atomic E-state index is 0.505. The van der Waals surface area contributed by atoms with Crippen molar-refractivity contribution in [3.8, 4) is 0 Å². The topological polar surface area (TPSA) is 24.5 Å². The Morgan fingerprint density at radius 3 is 2.61 bits per heavy atom. The van der Waals surface area contributed by atoms with Crippen molar-refractivity contribution in [2.45, 2.75) is 64.1 Å². The summed E-state index contributed by atoms with van der Waals surface area (Å²) >= 11 is 0. The SMILES string of the molecule is CNC1CCN(C(C)CC2CC(C)CCO2)CC1. The van der Waals surface area contributed by atoms with E-state index in [-0.39, 0.29) is 0 Å². The molecular weight excluding hydrogens is 224 g/mol. The average molecular weight is 254 g/mol. The van der Waals surface area contributed by atoms with E-state index in [4.69, 9.17) is 4.74 Å². The summed E-state index contributed by atoms with van der Waals surface area (Å²) in [5, 5.41) is 3.40. The molecule has 2 aliphatic heterocycles. The molecule has 0 saturated carbocycles. The zero-order valence-electron chi connectivity index (χ0n) is 12.3. The molecule has 0 aromatic carbocycles. The lowest BCUT2D eigenvalue weighted by molar-refractivity contribution is -0.0246. The van der Waals surface area contributed by atoms with E-state index in [1.165, 1.54) is 45.2 Å². The Bertz CT molecular complexity index is 239. The first-order valence-corrected chi connectivity index (χ1v) is 7.72. The molecule has 3 nitrogen and oxygen atoms in total. The van der Waals surface area contributed by atoms with Gasteiger partial charge in [-0.1, -0.05) is 6.92 Å². The van der Waals surface area contributed by atoms with E-state index in [0.29, 0.717) is 12.1 Å². The van der Waals surface area contributed by atoms with Crippen LogP contribution in [0.5, 0.6) is 0 Å². The lowest BCUT2D eigenvalue weighted by atomic mass is 9.93. The van der Waals surface area contributed by atoms with Crippen LogP contribution < -0.4 is 5.32 Å². The molecule has 2 aliphatic rings. The second-order valence-electron chi connectivity index (χ2n) is 6.31. The van der Waals surface area contributed by atoms with Crippen molar-refractivity contribution in [1.29, 1.82) is 0 Å². The highest BCUT2D eigenvalue weighted by molar-refractivity contribution is 4.81. The Morgan fingerprint density at radius 1 is 1.28 bits per heavy atom. The predicted octanol–water partition coefficient (Wildman–Crippen LogP) is 2.26. The van der Waals surface area contributed by atoms with Gasteiger partial charge < -0.3 is 15.0 Å². The predicted molar refractivity (Wildman–Crippen MR) is 75.9 cm³/mol. The van der Waals surface area contributed by atoms with Crippen LogP contribution in [0.25, 0.3) is 0 Å². The zero-order chi connectivity index (χ0) is 13.0. The van der Waals surface area contributed by atoms with Crippen molar-refractivity contribution >= 4 is 0 Å². The van der Waals surface area contributed by atoms with E-state index in [0.717, 1.165) is 18.6 Å². The first kappa shape index (κ1) is 14.3. The number of hydrogen-bond donors (Lipinski definition) is 1. The molecule has 0 aliphatic carbocycles. The van der Waals surface area contributed by atoms with Crippen LogP contribution in [0.1, 0.15) is 46.0 Å². The van der Waals surface area contributed by atoms with Crippen molar-refractivity contribution in [2.75, 3.05) is 26.7 Å². The van der Waals surface area contributed by atoms with Gasteiger partial charge in [-0.25, -0.2) is 0 Å². The van der Waals surface area contributed by atoms with Crippen LogP contribution in [0.2, 0.25) is 0 Å². The van der Waals surface area contributed by atoms with Crippen molar-refractivity contribution in [3.05, 3.63) is 0 Å². The van der Waals surface area contributed by atoms with Gasteiger partial charge in [0.05, 0.1) is 6.10 Å². The van der Waals surface area contributed by atoms with Gasteiger partial charge in [-0.15, -0.1) is 0 Å². The first-order chi connectivity index (χ1) is 8.69. The molecule has 0 bridgehead atoms. The molecule has 0 amide bonds. The molecular formula is C15H30N2O. The van der Waals surface area contributed by atoms with Crippen molar-refractivity contribution in [3.63, 3.8) is 0 Å². The molecule has 2 heterocycles. The van der Waals surface area contributed by atoms with E-state index in [1.807, 2.05) is 0 Å². The van der Waals surface area contributed by atoms with Gasteiger partial charge in [0.25, 0.3) is 0 Å². The number of nitrogens with one attached hydrogen (secondary N) is 1. The fourth-order valence-electron chi connectivity index (χ4n) is 3.39. The summed E-state index contributed by atoms with van der Waals surface area (Å²) < 4.78 is 5.91. The summed E-state index contributed by atoms with van der Waals surface area (Å²) in [5.41, 5.74) is 0. The summed E-state index contributed by atoms with van der Waals surface area (Å²) in [6.07, 6.45) is 6.82. The maximum absolute atomic E-state index is 5.91. The Hall–Kier alpha value is -0.120. The van der Waals surface area contributed by atoms with Gasteiger partial charge in [0.2, 0.25) is 0 Å². The van der Waals surface area contributed by atoms with Gasteiger partial charge in [0.1, 0.15) is 0 Å². The third-order valence-electron chi connectivity index (χ3n) is 4.79. The Kier molecular flexibility index (Phi) is 5.46. The minimum atomic E-state index is 0.505. The average Bonchev–Trinajstić information content (AvgIpc) is 2.39. The Balaban J connectivity index is 1.72. The third kappa shape index (κ3) is 3.94. The number of rotatable bonds is 4. The first-order valence-electron chi connectivity index (χ1n) is 7.72. The van der Waals surface area contributed by atoms with Crippen LogP contribution in [-0.4, -0.2) is 49.8 Å². The molecule has 1 N–H and O–H groups in total. The van der Waals surface area contributed by atoms with Crippen LogP contribution in [0.15, 0.2) is 0 Å². The lowest BCUT2D eigenvalue weighted by Gasteiger charge is -2.38. The normalized spacial score (nSPS) is 33.5. The third-order valence-corrected chi connectivity index (χ3v) is 4.79. The molecule has 0 spiro atoms. The molecule has 2 saturated heterocycles. The molecule has 0 radical (unpaired) electrons. The Labute approximate surface area is 112 Å². The van der Waals surface area contributed by atoms with Crippen molar-refractivity contribution in [2.24, 2.45) is 5.92 Å². The molecule has 3 unspecified atom stereocenters. The van der Waals surface area contributed by atoms with Crippen molar-refractivity contribution in [1.82, 2.24) is 10.2 Å². The van der Waals surface area contributed by atoms with E-state index in [2.05, 4.69) is 31.1 Å². The van der Waals surface area contributed by atoms with E-state index < -0.39 is 0 Å². The monoisotopic (exact) mass is 254 g/mol. The molecule has 3 heteroatoms. The van der Waals surface area contributed by atoms with Crippen molar-refractivity contribution < 1.29 is 4.74 Å². The summed E-state index contributed by atoms with van der Waals surface area (Å²) in [6.45, 7) is 8.20. The summed E-state index contributed by atoms with van der Waals surface area (Å²) in [4.78, 5) is 2.65. The van der Waals surface area contributed by atoms with E-state index in [1.54, 1.807) is 0 Å². The molecule has 0 aromatic heterocycles. The zero-order valence-corrected chi connectivity index (χ0v) is 12.3. The highest BCUT2D eigenvalue weighted by atomic mass is 16.5. The van der Waals surface area contributed by atoms with Crippen LogP contribution in [0.4, 0.5) is 0 Å². The summed E-state index contributed by atoms with van der Waals surface area (Å²) in [5.74, 6) is 0.853. The molecule has 2 rings (SSSR count). The molecule has 106 valence electrons. The van der Waals surface area contributed by atoms with E-state index >= 15 is 0 Å². The van der Waals surface area contributed by atoms with Crippen LogP contribution in [0, 0.1) is 5.92 Å². The smallest absolute Gasteiger partial charge is 0.0592 e. The largest absolute Gasteiger partial charge is 0.378 e. The molecule has 3 atom stereocenters. The van der Waals surface area contributed by atoms with Gasteiger partial charge in [0, 0.05) is 18.7 Å². The summed E-state index contributed by atoms with van der Waals surface area (Å²) in [6, 6.07) is 1.41. The van der Waals surface area contributed by atoms with E-state index in [9.17, 15) is 0 Å². The molecule has 18 heavy (non-hydrogen) atoms. The maximum Gasteiger partial charge on any atom is 0.0592 e. The van der Waals surface area contributed by atoms with Gasteiger partial charge >= 0.3 is 0 Å². The number of ether oxygens (including phenoxy) is 1. The van der Waals surface area contributed by atoms with Gasteiger partial charge in [0.15, 0.2) is 0 Å². The second-order valence-corrected chi connectivity index (χ2v) is 6.31. The number of hydrogen-bond acceptors (Lipinski definition) is 3. The lowest BCUT2D eigenvalue weighted by Crippen LogP contribution is -2.46. The second kappa shape index (κ2) is 6.88. The highest BCUT2D eigenvalue weighted by Crippen LogP contribution is 2.24. The quantitative estimate of drug-likeness (QED) is 0.833. The van der Waals surface area contributed by atoms with Crippen LogP contribution in [-0.2, 0) is 4.74 Å². The fourth-order valence-corrected chi connectivity index (χ4v) is 3.39. The van der Waals surface area contributed by atoms with Gasteiger partial charge in [-0.3, -0.25) is 0 Å². The standard InChI is InChI=1S/C15H30N2O/c1-12-6-9-18-15(10-12)11-13(2)17-7-4-14(16-3)5-8-17/h12-16H,4-11H2,1-3H3. The maximum atomic E-state index is 5.91. The van der Waals surface area contributed by atoms with Crippen LogP contribution in [0.3, 0.4) is 0 Å². The fraction of sp³-hybridized carbons (Fsp3) is 1.00. The Morgan fingerprint density at radius 2 is 2.00 bits per heavy atom. The summed E-state index contributed by atoms with van der Waals surface area (Å²) in [7, 11) is 2.08. The molecule has 0 aromatic rings. The molecule has 2 fully saturated rings. The van der Waals surface area contributed by atoms with Gasteiger partial charge in [-0.05, 0) is 65.1 Å². The number of piperidine rings is 1. The minimum Gasteiger partial charge on any atom is -0.378 e. The van der Waals surface area contributed by atoms with Crippen LogP contribution >= 0.6 is 0 Å². The van der Waals surface area contributed by atoms with Gasteiger partial charge in [-0.2, -0.15) is 0 Å². The number of likely N-dealkylation sites (tertiary alicyclic amines) is 1. The number of nitrogens with zero attached hydrogens (tertiary/aromatic N) is 1. The highest BCUT2D eigenvalue weighted by Gasteiger charge is 2.26.